The van der Waals surface area contributed by atoms with Gasteiger partial charge < -0.3 is 5.11 Å². The molecule has 0 bridgehead atoms. The predicted molar refractivity (Wildman–Crippen MR) is 35.8 cm³/mol. The van der Waals surface area contributed by atoms with E-state index in [0.717, 1.165) is 19.3 Å². The van der Waals surface area contributed by atoms with Crippen molar-refractivity contribution < 1.29 is 5.11 Å². The van der Waals surface area contributed by atoms with Gasteiger partial charge in [-0.2, -0.15) is 0 Å². The van der Waals surface area contributed by atoms with Gasteiger partial charge >= 0.3 is 0 Å². The Bertz CT molecular complexity index is 57.4. The van der Waals surface area contributed by atoms with Gasteiger partial charge in [0.1, 0.15) is 0 Å². The number of rotatable bonds is 4. The average molecular weight is 114 g/mol. The topological polar surface area (TPSA) is 20.2 Å². The Morgan fingerprint density at radius 2 is 2.12 bits per heavy atom. The second kappa shape index (κ2) is 6.70. The Labute approximate surface area is 51.0 Å². The van der Waals surface area contributed by atoms with Crippen LogP contribution in [0.4, 0.5) is 0 Å². The molecule has 0 aliphatic rings. The number of hydrogen-bond donors (Lipinski definition) is 1. The standard InChI is InChI=1S/C7H14O/c1-2-3-4-5-6-7-8/h3-4,8H,2,5-7H2,1H3. The maximum Gasteiger partial charge on any atom is 0.0433 e. The first-order valence-electron chi connectivity index (χ1n) is 3.17. The Kier molecular flexibility index (Phi) is 6.45. The third kappa shape index (κ3) is 5.70. The van der Waals surface area contributed by atoms with Crippen LogP contribution in [0, 0.1) is 0 Å². The molecule has 0 amide bonds. The van der Waals surface area contributed by atoms with Crippen LogP contribution in [0.15, 0.2) is 12.2 Å². The van der Waals surface area contributed by atoms with E-state index < -0.39 is 0 Å². The van der Waals surface area contributed by atoms with Crippen molar-refractivity contribution in [2.45, 2.75) is 26.2 Å². The number of aliphatic hydroxyl groups excluding tert-OH is 1. The second-order valence-corrected chi connectivity index (χ2v) is 1.75. The third-order valence-corrected chi connectivity index (χ3v) is 0.931. The molecule has 0 saturated carbocycles. The molecule has 8 heavy (non-hydrogen) atoms. The first-order chi connectivity index (χ1) is 3.91. The molecule has 0 aromatic heterocycles. The first-order valence-corrected chi connectivity index (χ1v) is 3.17. The molecule has 1 N–H and O–H groups in total. The lowest BCUT2D eigenvalue weighted by Gasteiger charge is -1.85. The molecule has 0 heterocycles. The van der Waals surface area contributed by atoms with Crippen molar-refractivity contribution in [2.24, 2.45) is 0 Å². The van der Waals surface area contributed by atoms with Crippen LogP contribution in [0.25, 0.3) is 0 Å². The summed E-state index contributed by atoms with van der Waals surface area (Å²) in [5.74, 6) is 0. The largest absolute Gasteiger partial charge is 0.396 e. The van der Waals surface area contributed by atoms with E-state index >= 15 is 0 Å². The minimum Gasteiger partial charge on any atom is -0.396 e. The molecule has 0 spiro atoms. The van der Waals surface area contributed by atoms with Crippen LogP contribution in [0.1, 0.15) is 26.2 Å². The fourth-order valence-corrected chi connectivity index (χ4v) is 0.494. The third-order valence-electron chi connectivity index (χ3n) is 0.931. The number of unbranched alkanes of at least 4 members (excludes halogenated alkanes) is 1. The average Bonchev–Trinajstić information content (AvgIpc) is 1.81. The second-order valence-electron chi connectivity index (χ2n) is 1.75. The van der Waals surface area contributed by atoms with E-state index in [1.165, 1.54) is 0 Å². The molecule has 1 nitrogen and oxygen atoms in total. The molecule has 1 heteroatoms. The molecule has 0 atom stereocenters. The van der Waals surface area contributed by atoms with Crippen molar-refractivity contribution in [3.63, 3.8) is 0 Å². The van der Waals surface area contributed by atoms with Crippen molar-refractivity contribution in [2.75, 3.05) is 6.61 Å². The smallest absolute Gasteiger partial charge is 0.0433 e. The van der Waals surface area contributed by atoms with Crippen LogP contribution in [-0.4, -0.2) is 11.7 Å². The zero-order valence-electron chi connectivity index (χ0n) is 5.43. The fourth-order valence-electron chi connectivity index (χ4n) is 0.494. The van der Waals surface area contributed by atoms with Gasteiger partial charge in [0.2, 0.25) is 0 Å². The molecule has 0 radical (unpaired) electrons. The molecule has 0 unspecified atom stereocenters. The summed E-state index contributed by atoms with van der Waals surface area (Å²) in [4.78, 5) is 0. The van der Waals surface area contributed by atoms with Crippen LogP contribution < -0.4 is 0 Å². The molecule has 0 aliphatic heterocycles. The summed E-state index contributed by atoms with van der Waals surface area (Å²) in [6.07, 6.45) is 7.25. The molecule has 0 fully saturated rings. The Hall–Kier alpha value is -0.300. The van der Waals surface area contributed by atoms with Crippen molar-refractivity contribution in [1.29, 1.82) is 0 Å². The maximum atomic E-state index is 8.33. The van der Waals surface area contributed by atoms with Gasteiger partial charge in [-0.1, -0.05) is 19.1 Å². The number of hydrogen-bond acceptors (Lipinski definition) is 1. The molecule has 0 aromatic rings. The van der Waals surface area contributed by atoms with Gasteiger partial charge in [0.05, 0.1) is 0 Å². The number of aliphatic hydroxyl groups is 1. The lowest BCUT2D eigenvalue weighted by Crippen LogP contribution is -1.77. The van der Waals surface area contributed by atoms with Crippen molar-refractivity contribution in [1.82, 2.24) is 0 Å². The lowest BCUT2D eigenvalue weighted by atomic mass is 10.3. The summed E-state index contributed by atoms with van der Waals surface area (Å²) >= 11 is 0. The summed E-state index contributed by atoms with van der Waals surface area (Å²) in [5, 5.41) is 8.33. The molecule has 0 aliphatic carbocycles. The van der Waals surface area contributed by atoms with Crippen molar-refractivity contribution in [3.8, 4) is 0 Å². The van der Waals surface area contributed by atoms with Gasteiger partial charge in [-0.3, -0.25) is 0 Å². The highest BCUT2D eigenvalue weighted by atomic mass is 16.2. The quantitative estimate of drug-likeness (QED) is 0.436. The zero-order chi connectivity index (χ0) is 6.24. The van der Waals surface area contributed by atoms with Gasteiger partial charge in [0.15, 0.2) is 0 Å². The first kappa shape index (κ1) is 7.70. The van der Waals surface area contributed by atoms with Gasteiger partial charge in [0.25, 0.3) is 0 Å². The molecule has 48 valence electrons. The lowest BCUT2D eigenvalue weighted by molar-refractivity contribution is 0.289. The molecule has 0 saturated heterocycles. The van der Waals surface area contributed by atoms with E-state index in [-0.39, 0.29) is 0 Å². The summed E-state index contributed by atoms with van der Waals surface area (Å²) in [6.45, 7) is 2.42. The summed E-state index contributed by atoms with van der Waals surface area (Å²) in [7, 11) is 0. The Balaban J connectivity index is 2.80. The SMILES string of the molecule is CCC=CCCCO. The molecule has 0 aromatic carbocycles. The normalized spacial score (nSPS) is 10.8. The van der Waals surface area contributed by atoms with E-state index in [4.69, 9.17) is 5.11 Å². The Morgan fingerprint density at radius 1 is 1.38 bits per heavy atom. The summed E-state index contributed by atoms with van der Waals surface area (Å²) in [6, 6.07) is 0. The van der Waals surface area contributed by atoms with Gasteiger partial charge in [-0.25, -0.2) is 0 Å². The molecule has 0 rings (SSSR count). The fraction of sp³-hybridized carbons (Fsp3) is 0.714. The summed E-state index contributed by atoms with van der Waals surface area (Å²) < 4.78 is 0. The van der Waals surface area contributed by atoms with E-state index in [9.17, 15) is 0 Å². The van der Waals surface area contributed by atoms with E-state index in [0.29, 0.717) is 6.61 Å². The van der Waals surface area contributed by atoms with Crippen LogP contribution in [0.3, 0.4) is 0 Å². The monoisotopic (exact) mass is 114 g/mol. The van der Waals surface area contributed by atoms with Crippen LogP contribution in [-0.2, 0) is 0 Å². The number of allylic oxidation sites excluding steroid dienone is 2. The predicted octanol–water partition coefficient (Wildman–Crippen LogP) is 1.73. The van der Waals surface area contributed by atoms with Gasteiger partial charge in [-0.05, 0) is 19.3 Å². The highest BCUT2D eigenvalue weighted by molar-refractivity contribution is 4.79. The maximum absolute atomic E-state index is 8.33. The zero-order valence-corrected chi connectivity index (χ0v) is 5.43. The van der Waals surface area contributed by atoms with E-state index in [1.54, 1.807) is 0 Å². The van der Waals surface area contributed by atoms with Gasteiger partial charge in [-0.15, -0.1) is 0 Å². The van der Waals surface area contributed by atoms with Crippen LogP contribution in [0.2, 0.25) is 0 Å². The Morgan fingerprint density at radius 3 is 2.62 bits per heavy atom. The van der Waals surface area contributed by atoms with Gasteiger partial charge in [0, 0.05) is 6.61 Å². The highest BCUT2D eigenvalue weighted by Crippen LogP contribution is 1.89. The minimum atomic E-state index is 0.314. The van der Waals surface area contributed by atoms with Crippen LogP contribution >= 0.6 is 0 Å². The van der Waals surface area contributed by atoms with Crippen molar-refractivity contribution in [3.05, 3.63) is 12.2 Å². The van der Waals surface area contributed by atoms with E-state index in [2.05, 4.69) is 19.1 Å². The highest BCUT2D eigenvalue weighted by Gasteiger charge is 1.75. The molecular formula is C7H14O. The van der Waals surface area contributed by atoms with E-state index in [1.807, 2.05) is 0 Å². The van der Waals surface area contributed by atoms with Crippen molar-refractivity contribution >= 4 is 0 Å². The minimum absolute atomic E-state index is 0.314. The van der Waals surface area contributed by atoms with Crippen LogP contribution in [0.5, 0.6) is 0 Å². The molecular weight excluding hydrogens is 100 g/mol. The summed E-state index contributed by atoms with van der Waals surface area (Å²) in [5.41, 5.74) is 0.